The zero-order valence-electron chi connectivity index (χ0n) is 14.9. The van der Waals surface area contributed by atoms with E-state index in [0.717, 1.165) is 38.0 Å². The highest BCUT2D eigenvalue weighted by Crippen LogP contribution is 2.43. The Kier molecular flexibility index (Phi) is 12.4. The molecule has 132 valence electrons. The number of halogens is 1. The van der Waals surface area contributed by atoms with E-state index in [1.165, 1.54) is 38.5 Å². The van der Waals surface area contributed by atoms with E-state index in [-0.39, 0.29) is 24.0 Å². The lowest BCUT2D eigenvalue weighted by Gasteiger charge is -2.42. The molecule has 1 aliphatic rings. The maximum absolute atomic E-state index is 5.24. The first-order valence-corrected chi connectivity index (χ1v) is 8.55. The SMILES string of the molecule is CN=C(NCCCCC(C)C)NCC1(CCOC)CCC1.I. The third kappa shape index (κ3) is 8.56. The van der Waals surface area contributed by atoms with E-state index in [9.17, 15) is 0 Å². The molecule has 5 heteroatoms. The van der Waals surface area contributed by atoms with E-state index in [4.69, 9.17) is 4.74 Å². The van der Waals surface area contributed by atoms with Gasteiger partial charge in [-0.15, -0.1) is 24.0 Å². The molecule has 2 N–H and O–H groups in total. The van der Waals surface area contributed by atoms with Crippen LogP contribution in [-0.2, 0) is 4.74 Å². The number of aliphatic imine (C=N–C) groups is 1. The Bertz CT molecular complexity index is 304. The maximum Gasteiger partial charge on any atom is 0.190 e. The number of hydrogen-bond acceptors (Lipinski definition) is 2. The Balaban J connectivity index is 0.00000441. The lowest BCUT2D eigenvalue weighted by molar-refractivity contribution is 0.0732. The summed E-state index contributed by atoms with van der Waals surface area (Å²) in [6, 6.07) is 0. The van der Waals surface area contributed by atoms with Crippen molar-refractivity contribution in [2.75, 3.05) is 33.9 Å². The predicted molar refractivity (Wildman–Crippen MR) is 106 cm³/mol. The first-order chi connectivity index (χ1) is 10.1. The summed E-state index contributed by atoms with van der Waals surface area (Å²) in [5.41, 5.74) is 0.436. The molecule has 0 spiro atoms. The Hall–Kier alpha value is -0.0400. The summed E-state index contributed by atoms with van der Waals surface area (Å²) in [6.45, 7) is 7.46. The summed E-state index contributed by atoms with van der Waals surface area (Å²) >= 11 is 0. The summed E-state index contributed by atoms with van der Waals surface area (Å²) in [5, 5.41) is 6.93. The average Bonchev–Trinajstić information content (AvgIpc) is 2.42. The van der Waals surface area contributed by atoms with Gasteiger partial charge in [0.25, 0.3) is 0 Å². The quantitative estimate of drug-likeness (QED) is 0.242. The fourth-order valence-corrected chi connectivity index (χ4v) is 2.89. The van der Waals surface area contributed by atoms with Crippen LogP contribution in [0.2, 0.25) is 0 Å². The molecule has 0 aromatic rings. The molecule has 1 saturated carbocycles. The summed E-state index contributed by atoms with van der Waals surface area (Å²) in [5.74, 6) is 1.75. The molecule has 0 heterocycles. The lowest BCUT2D eigenvalue weighted by atomic mass is 9.67. The fourth-order valence-electron chi connectivity index (χ4n) is 2.89. The Morgan fingerprint density at radius 3 is 2.45 bits per heavy atom. The highest BCUT2D eigenvalue weighted by Gasteiger charge is 2.36. The van der Waals surface area contributed by atoms with Gasteiger partial charge in [-0.2, -0.15) is 0 Å². The topological polar surface area (TPSA) is 45.7 Å². The minimum Gasteiger partial charge on any atom is -0.385 e. The molecule has 0 bridgehead atoms. The number of ether oxygens (including phenoxy) is 1. The van der Waals surface area contributed by atoms with E-state index >= 15 is 0 Å². The van der Waals surface area contributed by atoms with Crippen LogP contribution in [0.5, 0.6) is 0 Å². The summed E-state index contributed by atoms with van der Waals surface area (Å²) in [7, 11) is 3.64. The standard InChI is InChI=1S/C17H35N3O.HI/c1-15(2)8-5-6-12-19-16(18-3)20-14-17(9-7-10-17)11-13-21-4;/h15H,5-14H2,1-4H3,(H2,18,19,20);1H. The van der Waals surface area contributed by atoms with Gasteiger partial charge in [0, 0.05) is 33.9 Å². The van der Waals surface area contributed by atoms with Gasteiger partial charge in [-0.1, -0.05) is 33.1 Å². The minimum absolute atomic E-state index is 0. The Morgan fingerprint density at radius 2 is 1.95 bits per heavy atom. The smallest absolute Gasteiger partial charge is 0.190 e. The number of methoxy groups -OCH3 is 1. The Morgan fingerprint density at radius 1 is 1.23 bits per heavy atom. The van der Waals surface area contributed by atoms with Crippen LogP contribution in [0.4, 0.5) is 0 Å². The van der Waals surface area contributed by atoms with Crippen molar-refractivity contribution in [1.29, 1.82) is 0 Å². The van der Waals surface area contributed by atoms with Crippen LogP contribution in [0, 0.1) is 11.3 Å². The average molecular weight is 425 g/mol. The van der Waals surface area contributed by atoms with Gasteiger partial charge in [-0.05, 0) is 37.0 Å². The van der Waals surface area contributed by atoms with E-state index in [0.29, 0.717) is 5.41 Å². The zero-order chi connectivity index (χ0) is 15.6. The molecule has 0 radical (unpaired) electrons. The first kappa shape index (κ1) is 22.0. The van der Waals surface area contributed by atoms with E-state index in [1.807, 2.05) is 7.05 Å². The molecular weight excluding hydrogens is 389 g/mol. The van der Waals surface area contributed by atoms with Gasteiger partial charge in [-0.3, -0.25) is 4.99 Å². The molecule has 22 heavy (non-hydrogen) atoms. The molecular formula is C17H36IN3O. The van der Waals surface area contributed by atoms with Gasteiger partial charge >= 0.3 is 0 Å². The van der Waals surface area contributed by atoms with Gasteiger partial charge < -0.3 is 15.4 Å². The molecule has 0 aliphatic heterocycles. The van der Waals surface area contributed by atoms with Crippen molar-refractivity contribution >= 4 is 29.9 Å². The fraction of sp³-hybridized carbons (Fsp3) is 0.941. The van der Waals surface area contributed by atoms with Gasteiger partial charge in [0.15, 0.2) is 5.96 Å². The second-order valence-corrected chi connectivity index (χ2v) is 6.84. The van der Waals surface area contributed by atoms with Crippen LogP contribution >= 0.6 is 24.0 Å². The number of hydrogen-bond donors (Lipinski definition) is 2. The van der Waals surface area contributed by atoms with Crippen molar-refractivity contribution in [3.05, 3.63) is 0 Å². The van der Waals surface area contributed by atoms with Gasteiger partial charge in [0.1, 0.15) is 0 Å². The van der Waals surface area contributed by atoms with Crippen LogP contribution < -0.4 is 10.6 Å². The predicted octanol–water partition coefficient (Wildman–Crippen LogP) is 3.80. The highest BCUT2D eigenvalue weighted by molar-refractivity contribution is 14.0. The van der Waals surface area contributed by atoms with Crippen molar-refractivity contribution in [2.24, 2.45) is 16.3 Å². The molecule has 0 saturated heterocycles. The summed E-state index contributed by atoms with van der Waals surface area (Å²) in [6.07, 6.45) is 8.96. The molecule has 0 aromatic heterocycles. The molecule has 0 atom stereocenters. The van der Waals surface area contributed by atoms with Gasteiger partial charge in [0.2, 0.25) is 0 Å². The molecule has 1 rings (SSSR count). The number of nitrogens with zero attached hydrogens (tertiary/aromatic N) is 1. The van der Waals surface area contributed by atoms with E-state index in [2.05, 4.69) is 29.5 Å². The molecule has 1 aliphatic carbocycles. The normalized spacial score (nSPS) is 16.9. The second kappa shape index (κ2) is 12.4. The van der Waals surface area contributed by atoms with Crippen LogP contribution in [0.25, 0.3) is 0 Å². The van der Waals surface area contributed by atoms with Gasteiger partial charge in [0.05, 0.1) is 0 Å². The van der Waals surface area contributed by atoms with Crippen molar-refractivity contribution in [1.82, 2.24) is 10.6 Å². The Labute approximate surface area is 154 Å². The second-order valence-electron chi connectivity index (χ2n) is 6.84. The number of nitrogens with one attached hydrogen (secondary N) is 2. The van der Waals surface area contributed by atoms with Crippen molar-refractivity contribution in [3.8, 4) is 0 Å². The maximum atomic E-state index is 5.24. The van der Waals surface area contributed by atoms with Gasteiger partial charge in [-0.25, -0.2) is 0 Å². The molecule has 0 aromatic carbocycles. The van der Waals surface area contributed by atoms with Crippen LogP contribution in [0.1, 0.15) is 58.8 Å². The van der Waals surface area contributed by atoms with E-state index in [1.54, 1.807) is 7.11 Å². The van der Waals surface area contributed by atoms with Crippen LogP contribution in [0.3, 0.4) is 0 Å². The summed E-state index contributed by atoms with van der Waals surface area (Å²) in [4.78, 5) is 4.33. The van der Waals surface area contributed by atoms with Crippen LogP contribution in [0.15, 0.2) is 4.99 Å². The summed E-state index contributed by atoms with van der Waals surface area (Å²) < 4.78 is 5.24. The van der Waals surface area contributed by atoms with Crippen molar-refractivity contribution in [2.45, 2.75) is 58.8 Å². The molecule has 4 nitrogen and oxygen atoms in total. The van der Waals surface area contributed by atoms with Crippen molar-refractivity contribution in [3.63, 3.8) is 0 Å². The first-order valence-electron chi connectivity index (χ1n) is 8.55. The highest BCUT2D eigenvalue weighted by atomic mass is 127. The monoisotopic (exact) mass is 425 g/mol. The van der Waals surface area contributed by atoms with Crippen LogP contribution in [-0.4, -0.2) is 39.8 Å². The number of guanidine groups is 1. The zero-order valence-corrected chi connectivity index (χ0v) is 17.2. The molecule has 0 unspecified atom stereocenters. The largest absolute Gasteiger partial charge is 0.385 e. The van der Waals surface area contributed by atoms with E-state index < -0.39 is 0 Å². The number of rotatable bonds is 10. The molecule has 1 fully saturated rings. The molecule has 0 amide bonds. The number of unbranched alkanes of at least 4 members (excludes halogenated alkanes) is 1. The third-order valence-corrected chi connectivity index (χ3v) is 4.61. The van der Waals surface area contributed by atoms with Crippen molar-refractivity contribution < 1.29 is 4.74 Å². The third-order valence-electron chi connectivity index (χ3n) is 4.61. The minimum atomic E-state index is 0. The lowest BCUT2D eigenvalue weighted by Crippen LogP contribution is -2.47.